The molecule has 2 atom stereocenters. The molecule has 5 rings (SSSR count). The van der Waals surface area contributed by atoms with Crippen LogP contribution >= 0.6 is 0 Å². The highest BCUT2D eigenvalue weighted by Gasteiger charge is 2.66. The molecule has 0 amide bonds. The van der Waals surface area contributed by atoms with Crippen molar-refractivity contribution in [2.75, 3.05) is 0 Å². The first-order valence-electron chi connectivity index (χ1n) is 9.63. The Kier molecular flexibility index (Phi) is 3.90. The van der Waals surface area contributed by atoms with Crippen LogP contribution in [-0.4, -0.2) is 0 Å². The number of rotatable bonds is 4. The number of hydrogen-bond acceptors (Lipinski definition) is 0. The summed E-state index contributed by atoms with van der Waals surface area (Å²) in [4.78, 5) is 0. The monoisotopic (exact) mass is 346 g/mol. The average molecular weight is 346 g/mol. The lowest BCUT2D eigenvalue weighted by Crippen LogP contribution is -2.13. The van der Waals surface area contributed by atoms with E-state index < -0.39 is 0 Å². The minimum Gasteiger partial charge on any atom is -0.0622 e. The van der Waals surface area contributed by atoms with Crippen molar-refractivity contribution in [3.63, 3.8) is 0 Å². The Bertz CT molecular complexity index is 918. The molecule has 0 aliphatic heterocycles. The van der Waals surface area contributed by atoms with E-state index >= 15 is 0 Å². The van der Waals surface area contributed by atoms with Gasteiger partial charge in [0.05, 0.1) is 0 Å². The van der Waals surface area contributed by atoms with Crippen LogP contribution in [-0.2, 0) is 5.41 Å². The molecule has 1 saturated carbocycles. The van der Waals surface area contributed by atoms with Crippen molar-refractivity contribution in [1.29, 1.82) is 0 Å². The maximum atomic E-state index is 2.30. The predicted molar refractivity (Wildman–Crippen MR) is 112 cm³/mol. The molecule has 0 bridgehead atoms. The lowest BCUT2D eigenvalue weighted by molar-refractivity contribution is 0.782. The Balaban J connectivity index is 1.77. The van der Waals surface area contributed by atoms with E-state index in [0.29, 0.717) is 11.8 Å². The van der Waals surface area contributed by atoms with Gasteiger partial charge in [-0.1, -0.05) is 121 Å². The van der Waals surface area contributed by atoms with E-state index in [4.69, 9.17) is 0 Å². The van der Waals surface area contributed by atoms with E-state index in [1.807, 2.05) is 0 Å². The Labute approximate surface area is 161 Å². The number of benzene rings is 4. The molecule has 0 N–H and O–H groups in total. The SMILES string of the molecule is c1ccc(C2[C@@H](c3ccccc3)C2(c2ccccc2)c2ccccc2)cc1. The second-order valence-electron chi connectivity index (χ2n) is 7.38. The van der Waals surface area contributed by atoms with Gasteiger partial charge in [0, 0.05) is 17.3 Å². The summed E-state index contributed by atoms with van der Waals surface area (Å²) < 4.78 is 0. The Morgan fingerprint density at radius 2 is 0.667 bits per heavy atom. The molecule has 1 aliphatic carbocycles. The third kappa shape index (κ3) is 2.52. The van der Waals surface area contributed by atoms with Gasteiger partial charge in [0.2, 0.25) is 0 Å². The van der Waals surface area contributed by atoms with Gasteiger partial charge in [-0.3, -0.25) is 0 Å². The van der Waals surface area contributed by atoms with Crippen LogP contribution in [0.4, 0.5) is 0 Å². The molecule has 0 radical (unpaired) electrons. The highest BCUT2D eigenvalue weighted by atomic mass is 14.7. The summed E-state index contributed by atoms with van der Waals surface area (Å²) in [6.07, 6.45) is 0. The van der Waals surface area contributed by atoms with Crippen LogP contribution in [0, 0.1) is 0 Å². The van der Waals surface area contributed by atoms with Crippen molar-refractivity contribution in [3.8, 4) is 0 Å². The minimum atomic E-state index is -0.0226. The van der Waals surface area contributed by atoms with Gasteiger partial charge < -0.3 is 0 Å². The molecule has 0 aromatic heterocycles. The Hall–Kier alpha value is -3.12. The van der Waals surface area contributed by atoms with Gasteiger partial charge in [0.25, 0.3) is 0 Å². The second kappa shape index (κ2) is 6.55. The predicted octanol–water partition coefficient (Wildman–Crippen LogP) is 6.55. The van der Waals surface area contributed by atoms with Crippen LogP contribution in [0.2, 0.25) is 0 Å². The fraction of sp³-hybridized carbons (Fsp3) is 0.111. The van der Waals surface area contributed by atoms with Crippen molar-refractivity contribution >= 4 is 0 Å². The molecule has 130 valence electrons. The lowest BCUT2D eigenvalue weighted by atomic mass is 9.82. The van der Waals surface area contributed by atoms with E-state index in [1.165, 1.54) is 22.3 Å². The topological polar surface area (TPSA) is 0 Å². The van der Waals surface area contributed by atoms with Gasteiger partial charge in [0.1, 0.15) is 0 Å². The molecule has 4 aromatic carbocycles. The van der Waals surface area contributed by atoms with Crippen molar-refractivity contribution < 1.29 is 0 Å². The fourth-order valence-corrected chi connectivity index (χ4v) is 4.93. The zero-order valence-electron chi connectivity index (χ0n) is 15.2. The van der Waals surface area contributed by atoms with Gasteiger partial charge in [-0.15, -0.1) is 0 Å². The third-order valence-corrected chi connectivity index (χ3v) is 6.03. The summed E-state index contributed by atoms with van der Waals surface area (Å²) in [5.41, 5.74) is 5.61. The fourth-order valence-electron chi connectivity index (χ4n) is 4.93. The largest absolute Gasteiger partial charge is 0.0622 e. The molecule has 0 heteroatoms. The van der Waals surface area contributed by atoms with Gasteiger partial charge in [0.15, 0.2) is 0 Å². The van der Waals surface area contributed by atoms with Crippen molar-refractivity contribution in [3.05, 3.63) is 144 Å². The quantitative estimate of drug-likeness (QED) is 0.393. The highest BCUT2D eigenvalue weighted by Crippen LogP contribution is 2.73. The molecule has 0 nitrogen and oxygen atoms in total. The first-order valence-corrected chi connectivity index (χ1v) is 9.63. The molecule has 0 spiro atoms. The van der Waals surface area contributed by atoms with Gasteiger partial charge in [-0.25, -0.2) is 0 Å². The smallest absolute Gasteiger partial charge is 0.0352 e. The lowest BCUT2D eigenvalue weighted by Gasteiger charge is -2.20. The summed E-state index contributed by atoms with van der Waals surface area (Å²) in [6.45, 7) is 0. The molecule has 4 aromatic rings. The summed E-state index contributed by atoms with van der Waals surface area (Å²) in [7, 11) is 0. The van der Waals surface area contributed by atoms with Crippen LogP contribution in [0.1, 0.15) is 34.1 Å². The zero-order chi connectivity index (χ0) is 18.1. The van der Waals surface area contributed by atoms with Crippen LogP contribution in [0.15, 0.2) is 121 Å². The van der Waals surface area contributed by atoms with Crippen LogP contribution in [0.5, 0.6) is 0 Å². The Morgan fingerprint density at radius 1 is 0.370 bits per heavy atom. The van der Waals surface area contributed by atoms with Crippen LogP contribution in [0.3, 0.4) is 0 Å². The number of hydrogen-bond donors (Lipinski definition) is 0. The molecule has 0 saturated heterocycles. The average Bonchev–Trinajstić information content (AvgIpc) is 3.48. The van der Waals surface area contributed by atoms with Crippen molar-refractivity contribution in [2.45, 2.75) is 17.3 Å². The summed E-state index contributed by atoms with van der Waals surface area (Å²) in [5.74, 6) is 0.872. The third-order valence-electron chi connectivity index (χ3n) is 6.03. The maximum Gasteiger partial charge on any atom is 0.0352 e. The maximum absolute atomic E-state index is 2.30. The van der Waals surface area contributed by atoms with E-state index in [0.717, 1.165) is 0 Å². The van der Waals surface area contributed by atoms with Crippen LogP contribution in [0.25, 0.3) is 0 Å². The standard InChI is InChI=1S/C27H22/c1-5-13-21(14-6-1)25-26(22-15-7-2-8-16-22)27(25,23-17-9-3-10-18-23)24-19-11-4-12-20-24/h1-20,25-26H/t25-,26?/m1/s1. The first-order chi connectivity index (χ1) is 13.4. The highest BCUT2D eigenvalue weighted by molar-refractivity contribution is 5.61. The van der Waals surface area contributed by atoms with Gasteiger partial charge >= 0.3 is 0 Å². The first kappa shape index (κ1) is 16.1. The van der Waals surface area contributed by atoms with Crippen molar-refractivity contribution in [1.82, 2.24) is 0 Å². The summed E-state index contributed by atoms with van der Waals surface area (Å²) >= 11 is 0. The minimum absolute atomic E-state index is 0.0226. The summed E-state index contributed by atoms with van der Waals surface area (Å²) in [5, 5.41) is 0. The van der Waals surface area contributed by atoms with Crippen LogP contribution < -0.4 is 0 Å². The molecular weight excluding hydrogens is 324 g/mol. The Morgan fingerprint density at radius 3 is 1.00 bits per heavy atom. The normalized spacial score (nSPS) is 20.1. The molecule has 27 heavy (non-hydrogen) atoms. The molecule has 1 aliphatic rings. The van der Waals surface area contributed by atoms with Gasteiger partial charge in [-0.2, -0.15) is 0 Å². The zero-order valence-corrected chi connectivity index (χ0v) is 15.2. The molecular formula is C27H22. The van der Waals surface area contributed by atoms with Gasteiger partial charge in [-0.05, 0) is 22.3 Å². The van der Waals surface area contributed by atoms with E-state index in [9.17, 15) is 0 Å². The van der Waals surface area contributed by atoms with E-state index in [1.54, 1.807) is 0 Å². The molecule has 0 heterocycles. The van der Waals surface area contributed by atoms with E-state index in [-0.39, 0.29) is 5.41 Å². The molecule has 1 unspecified atom stereocenters. The van der Waals surface area contributed by atoms with E-state index in [2.05, 4.69) is 121 Å². The molecule has 1 fully saturated rings. The summed E-state index contributed by atoms with van der Waals surface area (Å²) in [6, 6.07) is 44.1. The second-order valence-corrected chi connectivity index (χ2v) is 7.38. The van der Waals surface area contributed by atoms with Crippen molar-refractivity contribution in [2.24, 2.45) is 0 Å².